The van der Waals surface area contributed by atoms with Crippen molar-refractivity contribution in [2.24, 2.45) is 5.92 Å². The lowest BCUT2D eigenvalue weighted by molar-refractivity contribution is -0.168. The van der Waals surface area contributed by atoms with Gasteiger partial charge in [0.15, 0.2) is 9.84 Å². The van der Waals surface area contributed by atoms with Crippen LogP contribution in [0, 0.1) is 5.92 Å². The maximum atomic E-state index is 14.1. The molecule has 0 aromatic heterocycles. The summed E-state index contributed by atoms with van der Waals surface area (Å²) < 4.78 is 65.5. The molecular weight excluding hydrogens is 579 g/mol. The molecule has 0 bridgehead atoms. The number of alkyl halides is 3. The number of nitrogens with zero attached hydrogens (tertiary/aromatic N) is 1. The number of sulfone groups is 1. The van der Waals surface area contributed by atoms with E-state index in [9.17, 15) is 31.2 Å². The van der Waals surface area contributed by atoms with Crippen LogP contribution in [0.4, 0.5) is 13.2 Å². The van der Waals surface area contributed by atoms with Gasteiger partial charge >= 0.3 is 6.18 Å². The second-order valence-corrected chi connectivity index (χ2v) is 12.8. The SMILES string of the molecule is CCSC.CON(C)C(=O)CNC(=O)C(CC(C)C)NC(c1ccc(-c2ccc(S(C)(=O)=O)cc2)cc1)C(F)(F)F. The van der Waals surface area contributed by atoms with Crippen LogP contribution in [0.2, 0.25) is 0 Å². The van der Waals surface area contributed by atoms with Crippen molar-refractivity contribution in [2.45, 2.75) is 50.3 Å². The summed E-state index contributed by atoms with van der Waals surface area (Å²) in [5, 5.41) is 5.71. The van der Waals surface area contributed by atoms with Crippen molar-refractivity contribution in [3.05, 3.63) is 54.1 Å². The Morgan fingerprint density at radius 3 is 1.90 bits per heavy atom. The number of benzene rings is 2. The predicted octanol–water partition coefficient (Wildman–Crippen LogP) is 4.87. The highest BCUT2D eigenvalue weighted by atomic mass is 32.2. The molecule has 0 aliphatic carbocycles. The zero-order chi connectivity index (χ0) is 31.4. The monoisotopic (exact) mass is 619 g/mol. The van der Waals surface area contributed by atoms with Gasteiger partial charge in [0.05, 0.1) is 24.6 Å². The van der Waals surface area contributed by atoms with Crippen LogP contribution < -0.4 is 10.6 Å². The number of hydrogen-bond donors (Lipinski definition) is 2. The van der Waals surface area contributed by atoms with E-state index in [1.807, 2.05) is 11.8 Å². The second kappa shape index (κ2) is 16.7. The summed E-state index contributed by atoms with van der Waals surface area (Å²) in [5.74, 6) is -0.165. The van der Waals surface area contributed by atoms with Crippen molar-refractivity contribution < 1.29 is 36.0 Å². The number of halogens is 3. The van der Waals surface area contributed by atoms with Crippen molar-refractivity contribution in [1.82, 2.24) is 15.7 Å². The molecule has 41 heavy (non-hydrogen) atoms. The molecule has 0 aliphatic heterocycles. The third kappa shape index (κ3) is 12.4. The molecule has 0 saturated carbocycles. The second-order valence-electron chi connectivity index (χ2n) is 9.61. The molecular formula is C28H40F3N3O5S2. The minimum Gasteiger partial charge on any atom is -0.346 e. The van der Waals surface area contributed by atoms with Crippen LogP contribution in [-0.4, -0.2) is 76.5 Å². The summed E-state index contributed by atoms with van der Waals surface area (Å²) in [7, 11) is -0.752. The minimum absolute atomic E-state index is 0.0965. The Labute approximate surface area is 245 Å². The summed E-state index contributed by atoms with van der Waals surface area (Å²) in [6.07, 6.45) is -1.42. The Balaban J connectivity index is 0.00000196. The molecule has 2 N–H and O–H groups in total. The first-order valence-electron chi connectivity index (χ1n) is 12.9. The fourth-order valence-electron chi connectivity index (χ4n) is 3.56. The van der Waals surface area contributed by atoms with Crippen molar-refractivity contribution in [1.29, 1.82) is 0 Å². The van der Waals surface area contributed by atoms with Crippen molar-refractivity contribution in [3.63, 3.8) is 0 Å². The van der Waals surface area contributed by atoms with Gasteiger partial charge in [-0.05, 0) is 53.2 Å². The Kier molecular flexibility index (Phi) is 14.9. The standard InChI is InChI=1S/C25H32F3N3O5S.C3H8S/c1-16(2)14-21(24(33)29-15-22(32)31(3)36-4)30-23(25(26,27)28)19-8-6-17(7-9-19)18-10-12-20(13-11-18)37(5,34)35;1-3-4-2/h6-13,16,21,23,30H,14-15H2,1-5H3,(H,29,33);3H2,1-2H3. The maximum absolute atomic E-state index is 14.1. The Bertz CT molecular complexity index is 1200. The first-order valence-corrected chi connectivity index (χ1v) is 16.1. The zero-order valence-corrected chi connectivity index (χ0v) is 26.0. The van der Waals surface area contributed by atoms with E-state index < -0.39 is 46.5 Å². The summed E-state index contributed by atoms with van der Waals surface area (Å²) in [4.78, 5) is 29.5. The highest BCUT2D eigenvalue weighted by molar-refractivity contribution is 7.98. The Morgan fingerprint density at radius 2 is 1.51 bits per heavy atom. The average molecular weight is 620 g/mol. The van der Waals surface area contributed by atoms with Gasteiger partial charge < -0.3 is 5.32 Å². The van der Waals surface area contributed by atoms with E-state index in [1.54, 1.807) is 26.0 Å². The summed E-state index contributed by atoms with van der Waals surface area (Å²) in [5.41, 5.74) is 1.14. The number of rotatable bonds is 12. The number of amides is 2. The van der Waals surface area contributed by atoms with E-state index in [-0.39, 0.29) is 22.8 Å². The molecule has 2 aromatic carbocycles. The lowest BCUT2D eigenvalue weighted by atomic mass is 9.97. The van der Waals surface area contributed by atoms with Crippen LogP contribution in [0.25, 0.3) is 11.1 Å². The molecule has 2 unspecified atom stereocenters. The van der Waals surface area contributed by atoms with Gasteiger partial charge in [-0.2, -0.15) is 24.9 Å². The third-order valence-electron chi connectivity index (χ3n) is 5.91. The van der Waals surface area contributed by atoms with Gasteiger partial charge in [0.2, 0.25) is 5.91 Å². The van der Waals surface area contributed by atoms with Gasteiger partial charge in [0, 0.05) is 13.3 Å². The van der Waals surface area contributed by atoms with Gasteiger partial charge in [0.25, 0.3) is 5.91 Å². The quantitative estimate of drug-likeness (QED) is 0.327. The van der Waals surface area contributed by atoms with Gasteiger partial charge in [-0.3, -0.25) is 19.7 Å². The van der Waals surface area contributed by atoms with Crippen LogP contribution in [0.1, 0.15) is 38.8 Å². The van der Waals surface area contributed by atoms with Gasteiger partial charge in [0.1, 0.15) is 6.04 Å². The van der Waals surface area contributed by atoms with Crippen LogP contribution in [0.15, 0.2) is 53.4 Å². The predicted molar refractivity (Wildman–Crippen MR) is 157 cm³/mol. The zero-order valence-electron chi connectivity index (χ0n) is 24.4. The van der Waals surface area contributed by atoms with Crippen LogP contribution in [-0.2, 0) is 24.3 Å². The van der Waals surface area contributed by atoms with Crippen molar-refractivity contribution in [3.8, 4) is 11.1 Å². The highest BCUT2D eigenvalue weighted by Gasteiger charge is 2.43. The van der Waals surface area contributed by atoms with Crippen LogP contribution in [0.5, 0.6) is 0 Å². The van der Waals surface area contributed by atoms with Crippen LogP contribution in [0.3, 0.4) is 0 Å². The molecule has 0 heterocycles. The van der Waals surface area contributed by atoms with Crippen molar-refractivity contribution >= 4 is 33.4 Å². The number of hydroxylamine groups is 2. The summed E-state index contributed by atoms with van der Waals surface area (Å²) >= 11 is 1.86. The maximum Gasteiger partial charge on any atom is 0.407 e. The molecule has 0 radical (unpaired) electrons. The number of carbonyl (C=O) groups excluding carboxylic acids is 2. The molecule has 0 spiro atoms. The number of likely N-dealkylation sites (N-methyl/N-ethyl adjacent to an activating group) is 1. The molecule has 0 saturated heterocycles. The molecule has 0 fully saturated rings. The molecule has 2 aromatic rings. The van der Waals surface area contributed by atoms with E-state index >= 15 is 0 Å². The van der Waals surface area contributed by atoms with E-state index in [2.05, 4.69) is 23.8 Å². The summed E-state index contributed by atoms with van der Waals surface area (Å²) in [6.45, 7) is 5.27. The van der Waals surface area contributed by atoms with E-state index in [0.29, 0.717) is 11.1 Å². The average Bonchev–Trinajstić information content (AvgIpc) is 2.92. The first kappa shape index (κ1) is 36.4. The van der Waals surface area contributed by atoms with E-state index in [1.165, 1.54) is 56.3 Å². The molecule has 8 nitrogen and oxygen atoms in total. The van der Waals surface area contributed by atoms with E-state index in [0.717, 1.165) is 11.3 Å². The third-order valence-corrected chi connectivity index (χ3v) is 7.61. The first-order chi connectivity index (χ1) is 19.0. The lowest BCUT2D eigenvalue weighted by Crippen LogP contribution is -2.51. The Morgan fingerprint density at radius 1 is 1.02 bits per heavy atom. The van der Waals surface area contributed by atoms with Crippen LogP contribution >= 0.6 is 11.8 Å². The Hall–Kier alpha value is -2.61. The van der Waals surface area contributed by atoms with Crippen molar-refractivity contribution in [2.75, 3.05) is 39.0 Å². The van der Waals surface area contributed by atoms with E-state index in [4.69, 9.17) is 4.84 Å². The fraction of sp³-hybridized carbons (Fsp3) is 0.500. The number of nitrogens with one attached hydrogen (secondary N) is 2. The highest BCUT2D eigenvalue weighted by Crippen LogP contribution is 2.34. The molecule has 2 amide bonds. The van der Waals surface area contributed by atoms with Gasteiger partial charge in [-0.1, -0.05) is 57.2 Å². The normalized spacial score (nSPS) is 13.1. The topological polar surface area (TPSA) is 105 Å². The minimum atomic E-state index is -4.71. The molecule has 0 aliphatic rings. The number of thioether (sulfide) groups is 1. The molecule has 230 valence electrons. The molecule has 2 rings (SSSR count). The van der Waals surface area contributed by atoms with Gasteiger partial charge in [-0.25, -0.2) is 13.5 Å². The molecule has 2 atom stereocenters. The number of hydrogen-bond acceptors (Lipinski definition) is 7. The summed E-state index contributed by atoms with van der Waals surface area (Å²) in [6, 6.07) is 8.30. The smallest absolute Gasteiger partial charge is 0.346 e. The largest absolute Gasteiger partial charge is 0.407 e. The number of carbonyl (C=O) groups is 2. The van der Waals surface area contributed by atoms with Gasteiger partial charge in [-0.15, -0.1) is 0 Å². The lowest BCUT2D eigenvalue weighted by Gasteiger charge is -2.28. The fourth-order valence-corrected chi connectivity index (χ4v) is 4.20. The molecule has 13 heteroatoms.